The van der Waals surface area contributed by atoms with E-state index in [2.05, 4.69) is 30.8 Å². The Hall–Kier alpha value is -0.570. The highest BCUT2D eigenvalue weighted by atomic mass is 16.2. The van der Waals surface area contributed by atoms with E-state index in [4.69, 9.17) is 0 Å². The van der Waals surface area contributed by atoms with Gasteiger partial charge in [-0.3, -0.25) is 4.79 Å². The molecule has 18 heavy (non-hydrogen) atoms. The first-order valence-corrected chi connectivity index (χ1v) is 7.53. The Balaban J connectivity index is 1.92. The molecule has 3 nitrogen and oxygen atoms in total. The zero-order chi connectivity index (χ0) is 13.1. The van der Waals surface area contributed by atoms with Crippen LogP contribution in [0.2, 0.25) is 0 Å². The van der Waals surface area contributed by atoms with Crippen molar-refractivity contribution < 1.29 is 4.79 Å². The van der Waals surface area contributed by atoms with Gasteiger partial charge in [-0.2, -0.15) is 0 Å². The summed E-state index contributed by atoms with van der Waals surface area (Å²) in [5, 5.41) is 0. The van der Waals surface area contributed by atoms with Crippen LogP contribution in [0.5, 0.6) is 0 Å². The fourth-order valence-corrected chi connectivity index (χ4v) is 2.90. The van der Waals surface area contributed by atoms with E-state index in [-0.39, 0.29) is 0 Å². The fraction of sp³-hybridized carbons (Fsp3) is 0.933. The zero-order valence-corrected chi connectivity index (χ0v) is 12.2. The third kappa shape index (κ3) is 3.71. The number of amides is 1. The molecule has 1 amide bonds. The van der Waals surface area contributed by atoms with Gasteiger partial charge in [0.25, 0.3) is 0 Å². The summed E-state index contributed by atoms with van der Waals surface area (Å²) in [5.74, 6) is 1.66. The molecule has 2 fully saturated rings. The van der Waals surface area contributed by atoms with Gasteiger partial charge in [-0.25, -0.2) is 0 Å². The number of hydrogen-bond donors (Lipinski definition) is 0. The molecule has 0 aromatic heterocycles. The minimum atomic E-state index is 0.367. The third-order valence-electron chi connectivity index (χ3n) is 4.42. The number of carbonyl (C=O) groups is 1. The van der Waals surface area contributed by atoms with Crippen molar-refractivity contribution in [3.8, 4) is 0 Å². The predicted octanol–water partition coefficient (Wildman–Crippen LogP) is 2.37. The van der Waals surface area contributed by atoms with Crippen LogP contribution >= 0.6 is 0 Å². The van der Waals surface area contributed by atoms with E-state index < -0.39 is 0 Å². The number of likely N-dealkylation sites (N-methyl/N-ethyl adjacent to an activating group) is 1. The molecule has 0 radical (unpaired) electrons. The van der Waals surface area contributed by atoms with Crippen molar-refractivity contribution in [3.05, 3.63) is 0 Å². The van der Waals surface area contributed by atoms with Crippen LogP contribution in [0.25, 0.3) is 0 Å². The molecule has 0 bridgehead atoms. The Bertz CT molecular complexity index is 278. The van der Waals surface area contributed by atoms with E-state index in [1.807, 2.05) is 0 Å². The van der Waals surface area contributed by atoms with Crippen LogP contribution in [-0.2, 0) is 4.79 Å². The highest BCUT2D eigenvalue weighted by Gasteiger charge is 2.36. The van der Waals surface area contributed by atoms with Crippen molar-refractivity contribution in [1.82, 2.24) is 9.80 Å². The normalized spacial score (nSPS) is 28.4. The monoisotopic (exact) mass is 252 g/mol. The van der Waals surface area contributed by atoms with Gasteiger partial charge in [-0.1, -0.05) is 6.92 Å². The van der Waals surface area contributed by atoms with Gasteiger partial charge in [0.05, 0.1) is 0 Å². The minimum absolute atomic E-state index is 0.367. The molecule has 104 valence electrons. The third-order valence-corrected chi connectivity index (χ3v) is 4.42. The topological polar surface area (TPSA) is 23.6 Å². The number of carbonyl (C=O) groups excluding carboxylic acids is 1. The molecule has 0 aromatic carbocycles. The van der Waals surface area contributed by atoms with Crippen LogP contribution in [0.1, 0.15) is 45.4 Å². The highest BCUT2D eigenvalue weighted by Crippen LogP contribution is 2.34. The highest BCUT2D eigenvalue weighted by molar-refractivity contribution is 5.81. The smallest absolute Gasteiger partial charge is 0.225 e. The van der Waals surface area contributed by atoms with Gasteiger partial charge in [-0.05, 0) is 58.5 Å². The zero-order valence-electron chi connectivity index (χ0n) is 12.2. The van der Waals surface area contributed by atoms with Gasteiger partial charge in [0.15, 0.2) is 0 Å². The largest absolute Gasteiger partial charge is 0.338 e. The molecule has 0 atom stereocenters. The molecule has 0 N–H and O–H groups in total. The SMILES string of the molecule is CN(C)CCN(C(=O)C1CC1)[C@H]1CC[C@H](C)CC1. The molecule has 0 heterocycles. The number of hydrogen-bond acceptors (Lipinski definition) is 2. The quantitative estimate of drug-likeness (QED) is 0.750. The first kappa shape index (κ1) is 13.9. The lowest BCUT2D eigenvalue weighted by molar-refractivity contribution is -0.136. The Morgan fingerprint density at radius 3 is 2.11 bits per heavy atom. The lowest BCUT2D eigenvalue weighted by Gasteiger charge is -2.37. The van der Waals surface area contributed by atoms with Crippen molar-refractivity contribution in [2.75, 3.05) is 27.2 Å². The van der Waals surface area contributed by atoms with E-state index in [9.17, 15) is 4.79 Å². The molecule has 0 spiro atoms. The lowest BCUT2D eigenvalue weighted by atomic mass is 9.86. The van der Waals surface area contributed by atoms with E-state index in [1.165, 1.54) is 25.7 Å². The number of rotatable bonds is 5. The second-order valence-electron chi connectivity index (χ2n) is 6.52. The Kier molecular flexibility index (Phi) is 4.66. The summed E-state index contributed by atoms with van der Waals surface area (Å²) >= 11 is 0. The lowest BCUT2D eigenvalue weighted by Crippen LogP contribution is -2.46. The average molecular weight is 252 g/mol. The predicted molar refractivity (Wildman–Crippen MR) is 74.4 cm³/mol. The van der Waals surface area contributed by atoms with E-state index in [1.54, 1.807) is 0 Å². The van der Waals surface area contributed by atoms with E-state index in [0.717, 1.165) is 31.8 Å². The summed E-state index contributed by atoms with van der Waals surface area (Å²) in [4.78, 5) is 16.8. The van der Waals surface area contributed by atoms with Crippen molar-refractivity contribution in [3.63, 3.8) is 0 Å². The maximum atomic E-state index is 12.4. The molecule has 2 rings (SSSR count). The average Bonchev–Trinajstić information content (AvgIpc) is 3.15. The molecule has 0 saturated heterocycles. The van der Waals surface area contributed by atoms with Crippen LogP contribution in [0, 0.1) is 11.8 Å². The van der Waals surface area contributed by atoms with Crippen LogP contribution in [0.4, 0.5) is 0 Å². The molecule has 0 unspecified atom stereocenters. The van der Waals surface area contributed by atoms with E-state index >= 15 is 0 Å². The van der Waals surface area contributed by atoms with Crippen molar-refractivity contribution in [2.45, 2.75) is 51.5 Å². The van der Waals surface area contributed by atoms with E-state index in [0.29, 0.717) is 17.9 Å². The van der Waals surface area contributed by atoms with Gasteiger partial charge < -0.3 is 9.80 Å². The summed E-state index contributed by atoms with van der Waals surface area (Å²) in [6.07, 6.45) is 7.27. The van der Waals surface area contributed by atoms with Gasteiger partial charge >= 0.3 is 0 Å². The van der Waals surface area contributed by atoms with Gasteiger partial charge in [-0.15, -0.1) is 0 Å². The van der Waals surface area contributed by atoms with Crippen LogP contribution in [0.15, 0.2) is 0 Å². The maximum Gasteiger partial charge on any atom is 0.225 e. The Labute approximate surface area is 112 Å². The van der Waals surface area contributed by atoms with Crippen molar-refractivity contribution in [2.24, 2.45) is 11.8 Å². The molecule has 3 heteroatoms. The van der Waals surface area contributed by atoms with Gasteiger partial charge in [0.2, 0.25) is 5.91 Å². The van der Waals surface area contributed by atoms with Gasteiger partial charge in [0.1, 0.15) is 0 Å². The van der Waals surface area contributed by atoms with Crippen molar-refractivity contribution in [1.29, 1.82) is 0 Å². The second kappa shape index (κ2) is 6.05. The first-order chi connectivity index (χ1) is 8.58. The Morgan fingerprint density at radius 1 is 1.00 bits per heavy atom. The molecular formula is C15H28N2O. The maximum absolute atomic E-state index is 12.4. The summed E-state index contributed by atoms with van der Waals surface area (Å²) in [6, 6.07) is 0.522. The molecule has 2 aliphatic carbocycles. The van der Waals surface area contributed by atoms with Crippen LogP contribution < -0.4 is 0 Å². The van der Waals surface area contributed by atoms with Gasteiger partial charge in [0, 0.05) is 25.0 Å². The molecular weight excluding hydrogens is 224 g/mol. The molecule has 0 aromatic rings. The Morgan fingerprint density at radius 2 is 1.61 bits per heavy atom. The fourth-order valence-electron chi connectivity index (χ4n) is 2.90. The summed E-state index contributed by atoms with van der Waals surface area (Å²) in [7, 11) is 4.17. The number of nitrogens with zero attached hydrogens (tertiary/aromatic N) is 2. The standard InChI is InChI=1S/C15H28N2O/c1-12-4-8-14(9-5-12)17(11-10-16(2)3)15(18)13-6-7-13/h12-14H,4-11H2,1-3H3/t12-,14-. The van der Waals surface area contributed by atoms with Crippen LogP contribution in [0.3, 0.4) is 0 Å². The summed E-state index contributed by atoms with van der Waals surface area (Å²) in [5.41, 5.74) is 0. The first-order valence-electron chi connectivity index (χ1n) is 7.53. The second-order valence-corrected chi connectivity index (χ2v) is 6.52. The minimum Gasteiger partial charge on any atom is -0.338 e. The van der Waals surface area contributed by atoms with Crippen molar-refractivity contribution >= 4 is 5.91 Å². The summed E-state index contributed by atoms with van der Waals surface area (Å²) in [6.45, 7) is 4.25. The molecule has 2 aliphatic rings. The summed E-state index contributed by atoms with van der Waals surface area (Å²) < 4.78 is 0. The van der Waals surface area contributed by atoms with Crippen LogP contribution in [-0.4, -0.2) is 48.9 Å². The molecule has 2 saturated carbocycles. The molecule has 0 aliphatic heterocycles.